The average molecular weight is 201 g/mol. The Morgan fingerprint density at radius 3 is 2.93 bits per heavy atom. The van der Waals surface area contributed by atoms with Crippen molar-refractivity contribution in [2.45, 2.75) is 26.5 Å². The van der Waals surface area contributed by atoms with E-state index in [4.69, 9.17) is 9.47 Å². The third kappa shape index (κ3) is 2.54. The summed E-state index contributed by atoms with van der Waals surface area (Å²) in [4.78, 5) is 12.7. The Bertz CT molecular complexity index is 239. The number of hydrogen-bond donors (Lipinski definition) is 1. The van der Waals surface area contributed by atoms with Gasteiger partial charge in [0.05, 0.1) is 6.61 Å². The third-order valence-electron chi connectivity index (χ3n) is 1.92. The van der Waals surface area contributed by atoms with Gasteiger partial charge in [0.15, 0.2) is 0 Å². The first-order valence-electron chi connectivity index (χ1n) is 4.44. The van der Waals surface area contributed by atoms with Gasteiger partial charge in [-0.25, -0.2) is 9.69 Å². The van der Waals surface area contributed by atoms with E-state index in [2.05, 4.69) is 6.58 Å². The van der Waals surface area contributed by atoms with Gasteiger partial charge in [-0.15, -0.1) is 0 Å². The molecular weight excluding hydrogens is 186 g/mol. The standard InChI is InChI=1S/C9H15NO4/c1-6(2)8(12)14-9-10(7(3)11)4-5-13-9/h7,9,11H,1,4-5H2,2-3H3. The lowest BCUT2D eigenvalue weighted by Crippen LogP contribution is -2.40. The summed E-state index contributed by atoms with van der Waals surface area (Å²) in [5.74, 6) is -0.512. The number of carbonyl (C=O) groups excluding carboxylic acids is 1. The highest BCUT2D eigenvalue weighted by molar-refractivity contribution is 5.86. The predicted molar refractivity (Wildman–Crippen MR) is 49.0 cm³/mol. The molecule has 0 amide bonds. The molecule has 0 aliphatic carbocycles. The van der Waals surface area contributed by atoms with Gasteiger partial charge in [0.25, 0.3) is 6.41 Å². The maximum absolute atomic E-state index is 11.2. The second kappa shape index (κ2) is 4.54. The molecule has 0 spiro atoms. The highest BCUT2D eigenvalue weighted by Crippen LogP contribution is 2.14. The Kier molecular flexibility index (Phi) is 3.62. The largest absolute Gasteiger partial charge is 0.418 e. The van der Waals surface area contributed by atoms with Gasteiger partial charge in [0.1, 0.15) is 6.23 Å². The second-order valence-electron chi connectivity index (χ2n) is 3.23. The van der Waals surface area contributed by atoms with Crippen LogP contribution in [0.4, 0.5) is 0 Å². The fourth-order valence-corrected chi connectivity index (χ4v) is 1.12. The van der Waals surface area contributed by atoms with E-state index in [1.807, 2.05) is 0 Å². The Morgan fingerprint density at radius 2 is 2.43 bits per heavy atom. The number of rotatable bonds is 3. The monoisotopic (exact) mass is 201 g/mol. The van der Waals surface area contributed by atoms with E-state index in [1.165, 1.54) is 0 Å². The first-order chi connectivity index (χ1) is 6.52. The molecule has 80 valence electrons. The second-order valence-corrected chi connectivity index (χ2v) is 3.23. The van der Waals surface area contributed by atoms with Gasteiger partial charge in [-0.1, -0.05) is 6.58 Å². The summed E-state index contributed by atoms with van der Waals surface area (Å²) in [5, 5.41) is 9.31. The van der Waals surface area contributed by atoms with Crippen LogP contribution in [0.5, 0.6) is 0 Å². The molecule has 1 saturated heterocycles. The maximum Gasteiger partial charge on any atom is 0.336 e. The van der Waals surface area contributed by atoms with E-state index in [1.54, 1.807) is 18.7 Å². The van der Waals surface area contributed by atoms with Crippen molar-refractivity contribution in [1.82, 2.24) is 4.90 Å². The Hall–Kier alpha value is -0.910. The van der Waals surface area contributed by atoms with Crippen LogP contribution < -0.4 is 0 Å². The summed E-state index contributed by atoms with van der Waals surface area (Å²) in [7, 11) is 0. The zero-order chi connectivity index (χ0) is 10.7. The van der Waals surface area contributed by atoms with Gasteiger partial charge in [-0.2, -0.15) is 0 Å². The van der Waals surface area contributed by atoms with Crippen molar-refractivity contribution >= 4 is 5.97 Å². The van der Waals surface area contributed by atoms with E-state index in [0.29, 0.717) is 18.7 Å². The Morgan fingerprint density at radius 1 is 1.79 bits per heavy atom. The molecular formula is C9H15NO4. The van der Waals surface area contributed by atoms with Gasteiger partial charge in [-0.05, 0) is 13.8 Å². The molecule has 0 saturated carbocycles. The molecule has 0 aromatic heterocycles. The summed E-state index contributed by atoms with van der Waals surface area (Å²) < 4.78 is 10.1. The van der Waals surface area contributed by atoms with Crippen LogP contribution >= 0.6 is 0 Å². The number of hydrogen-bond acceptors (Lipinski definition) is 5. The van der Waals surface area contributed by atoms with E-state index < -0.39 is 18.6 Å². The van der Waals surface area contributed by atoms with Crippen LogP contribution in [0.3, 0.4) is 0 Å². The quantitative estimate of drug-likeness (QED) is 0.517. The normalized spacial score (nSPS) is 24.6. The molecule has 1 N–H and O–H groups in total. The van der Waals surface area contributed by atoms with Gasteiger partial charge in [-0.3, -0.25) is 0 Å². The highest BCUT2D eigenvalue weighted by Gasteiger charge is 2.31. The lowest BCUT2D eigenvalue weighted by atomic mass is 10.4. The van der Waals surface area contributed by atoms with E-state index in [0.717, 1.165) is 0 Å². The summed E-state index contributed by atoms with van der Waals surface area (Å²) in [5.41, 5.74) is 0.311. The molecule has 5 heteroatoms. The van der Waals surface area contributed by atoms with Crippen molar-refractivity contribution in [3.05, 3.63) is 12.2 Å². The summed E-state index contributed by atoms with van der Waals surface area (Å²) in [6.45, 7) is 7.60. The zero-order valence-corrected chi connectivity index (χ0v) is 8.40. The van der Waals surface area contributed by atoms with E-state index >= 15 is 0 Å². The first kappa shape index (κ1) is 11.2. The van der Waals surface area contributed by atoms with Crippen molar-refractivity contribution in [3.63, 3.8) is 0 Å². The fraction of sp³-hybridized carbons (Fsp3) is 0.667. The zero-order valence-electron chi connectivity index (χ0n) is 8.40. The topological polar surface area (TPSA) is 59.0 Å². The summed E-state index contributed by atoms with van der Waals surface area (Å²) >= 11 is 0. The van der Waals surface area contributed by atoms with Crippen LogP contribution in [-0.2, 0) is 14.3 Å². The maximum atomic E-state index is 11.2. The van der Waals surface area contributed by atoms with Crippen molar-refractivity contribution in [2.75, 3.05) is 13.2 Å². The molecule has 5 nitrogen and oxygen atoms in total. The Balaban J connectivity index is 2.51. The molecule has 1 rings (SSSR count). The van der Waals surface area contributed by atoms with Gasteiger partial charge in [0, 0.05) is 12.1 Å². The molecule has 0 aromatic carbocycles. The van der Waals surface area contributed by atoms with E-state index in [-0.39, 0.29) is 0 Å². The fourth-order valence-electron chi connectivity index (χ4n) is 1.12. The van der Waals surface area contributed by atoms with Crippen molar-refractivity contribution in [1.29, 1.82) is 0 Å². The average Bonchev–Trinajstić information content (AvgIpc) is 2.52. The number of ether oxygens (including phenoxy) is 2. The lowest BCUT2D eigenvalue weighted by molar-refractivity contribution is -0.206. The minimum Gasteiger partial charge on any atom is -0.418 e. The predicted octanol–water partition coefficient (Wildman–Crippen LogP) is 0.0598. The molecule has 2 unspecified atom stereocenters. The number of carbonyl (C=O) groups is 1. The van der Waals surface area contributed by atoms with Crippen LogP contribution in [0.15, 0.2) is 12.2 Å². The smallest absolute Gasteiger partial charge is 0.336 e. The lowest BCUT2D eigenvalue weighted by Gasteiger charge is -2.24. The summed E-state index contributed by atoms with van der Waals surface area (Å²) in [6.07, 6.45) is -1.49. The molecule has 0 bridgehead atoms. The molecule has 0 aromatic rings. The van der Waals surface area contributed by atoms with Crippen LogP contribution in [0.2, 0.25) is 0 Å². The highest BCUT2D eigenvalue weighted by atomic mass is 16.7. The van der Waals surface area contributed by atoms with Crippen LogP contribution in [0, 0.1) is 0 Å². The van der Waals surface area contributed by atoms with Gasteiger partial charge < -0.3 is 14.6 Å². The molecule has 14 heavy (non-hydrogen) atoms. The molecule has 1 fully saturated rings. The van der Waals surface area contributed by atoms with Crippen molar-refractivity contribution in [3.8, 4) is 0 Å². The molecule has 1 heterocycles. The molecule has 0 radical (unpaired) electrons. The number of esters is 1. The number of nitrogens with zero attached hydrogens (tertiary/aromatic N) is 1. The number of aliphatic hydroxyl groups is 1. The molecule has 1 aliphatic rings. The SMILES string of the molecule is C=C(C)C(=O)OC1OCCN1C(C)O. The minimum absolute atomic E-state index is 0.311. The van der Waals surface area contributed by atoms with Crippen LogP contribution in [-0.4, -0.2) is 41.8 Å². The molecule has 2 atom stereocenters. The Labute approximate surface area is 82.9 Å². The molecule has 1 aliphatic heterocycles. The van der Waals surface area contributed by atoms with Gasteiger partial charge >= 0.3 is 5.97 Å². The number of aliphatic hydroxyl groups excluding tert-OH is 1. The van der Waals surface area contributed by atoms with Crippen LogP contribution in [0.25, 0.3) is 0 Å². The minimum atomic E-state index is -0.792. The third-order valence-corrected chi connectivity index (χ3v) is 1.92. The summed E-state index contributed by atoms with van der Waals surface area (Å²) in [6, 6.07) is 0. The van der Waals surface area contributed by atoms with E-state index in [9.17, 15) is 9.90 Å². The van der Waals surface area contributed by atoms with Crippen molar-refractivity contribution < 1.29 is 19.4 Å². The van der Waals surface area contributed by atoms with Gasteiger partial charge in [0.2, 0.25) is 0 Å². The first-order valence-corrected chi connectivity index (χ1v) is 4.44. The van der Waals surface area contributed by atoms with Crippen LogP contribution in [0.1, 0.15) is 13.8 Å². The van der Waals surface area contributed by atoms with Crippen molar-refractivity contribution in [2.24, 2.45) is 0 Å².